The molecule has 1 atom stereocenters. The number of anilines is 1. The van der Waals surface area contributed by atoms with Crippen LogP contribution in [0, 0.1) is 17.5 Å². The summed E-state index contributed by atoms with van der Waals surface area (Å²) in [5, 5.41) is 3.82. The molecule has 1 amide bonds. The summed E-state index contributed by atoms with van der Waals surface area (Å²) in [7, 11) is 0. The number of rotatable bonds is 4. The van der Waals surface area contributed by atoms with E-state index in [0.29, 0.717) is 11.6 Å². The van der Waals surface area contributed by atoms with Crippen LogP contribution in [0.1, 0.15) is 40.6 Å². The first kappa shape index (κ1) is 18.4. The minimum atomic E-state index is -1.68. The first-order valence-electron chi connectivity index (χ1n) is 8.13. The molecular weight excluding hydrogens is 367 g/mol. The summed E-state index contributed by atoms with van der Waals surface area (Å²) in [5.41, 5.74) is 0.888. The van der Waals surface area contributed by atoms with Gasteiger partial charge in [0, 0.05) is 10.3 Å². The highest BCUT2D eigenvalue weighted by Crippen LogP contribution is 2.30. The van der Waals surface area contributed by atoms with Gasteiger partial charge in [-0.15, -0.1) is 11.3 Å². The van der Waals surface area contributed by atoms with Gasteiger partial charge in [-0.2, -0.15) is 0 Å². The lowest BCUT2D eigenvalue weighted by molar-refractivity contribution is -0.123. The van der Waals surface area contributed by atoms with Gasteiger partial charge >= 0.3 is 5.97 Å². The van der Waals surface area contributed by atoms with E-state index in [0.717, 1.165) is 42.2 Å². The first-order valence-corrected chi connectivity index (χ1v) is 9.01. The molecule has 8 heteroatoms. The second kappa shape index (κ2) is 7.49. The summed E-state index contributed by atoms with van der Waals surface area (Å²) in [6, 6.07) is 1.60. The highest BCUT2D eigenvalue weighted by Gasteiger charge is 2.25. The minimum Gasteiger partial charge on any atom is -0.449 e. The Bertz CT molecular complexity index is 866. The molecule has 1 heterocycles. The molecule has 138 valence electrons. The van der Waals surface area contributed by atoms with Crippen molar-refractivity contribution in [1.82, 2.24) is 0 Å². The number of ether oxygens (including phenoxy) is 1. The Morgan fingerprint density at radius 1 is 1.15 bits per heavy atom. The fourth-order valence-corrected chi connectivity index (χ4v) is 3.91. The van der Waals surface area contributed by atoms with E-state index in [1.54, 1.807) is 5.38 Å². The van der Waals surface area contributed by atoms with Crippen molar-refractivity contribution in [2.75, 3.05) is 5.32 Å². The number of carbonyl (C=O) groups excluding carboxylic acids is 2. The second-order valence-electron chi connectivity index (χ2n) is 6.02. The maximum absolute atomic E-state index is 13.6. The molecule has 0 unspecified atom stereocenters. The number of hydrogen-bond donors (Lipinski definition) is 1. The van der Waals surface area contributed by atoms with Crippen molar-refractivity contribution in [3.8, 4) is 0 Å². The van der Waals surface area contributed by atoms with Crippen molar-refractivity contribution in [3.63, 3.8) is 0 Å². The van der Waals surface area contributed by atoms with E-state index in [-0.39, 0.29) is 0 Å². The summed E-state index contributed by atoms with van der Waals surface area (Å²) in [4.78, 5) is 25.6. The number of nitrogens with one attached hydrogen (secondary N) is 1. The van der Waals surface area contributed by atoms with Crippen molar-refractivity contribution in [3.05, 3.63) is 51.0 Å². The monoisotopic (exact) mass is 383 g/mol. The van der Waals surface area contributed by atoms with E-state index in [1.165, 1.54) is 18.3 Å². The van der Waals surface area contributed by atoms with Gasteiger partial charge in [-0.1, -0.05) is 0 Å². The summed E-state index contributed by atoms with van der Waals surface area (Å²) in [6.07, 6.45) is 2.58. The normalized spacial score (nSPS) is 14.5. The standard InChI is InChI=1S/C18H16F3NO3S/c1-9(17(23)22-13-7-6-12(19)15(20)16(13)21)25-18(24)11-8-26-14-5-3-2-4-10(11)14/h6-9H,2-5H2,1H3,(H,22,23)/t9-/m1/s1. The van der Waals surface area contributed by atoms with Gasteiger partial charge in [0.25, 0.3) is 5.91 Å². The molecule has 0 fully saturated rings. The van der Waals surface area contributed by atoms with Crippen LogP contribution in [0.3, 0.4) is 0 Å². The van der Waals surface area contributed by atoms with Crippen molar-refractivity contribution in [2.45, 2.75) is 38.7 Å². The topological polar surface area (TPSA) is 55.4 Å². The molecule has 0 bridgehead atoms. The van der Waals surface area contributed by atoms with Crippen LogP contribution in [0.25, 0.3) is 0 Å². The number of carbonyl (C=O) groups is 2. The van der Waals surface area contributed by atoms with Gasteiger partial charge in [0.1, 0.15) is 0 Å². The van der Waals surface area contributed by atoms with E-state index < -0.39 is 41.1 Å². The van der Waals surface area contributed by atoms with E-state index in [1.807, 2.05) is 0 Å². The molecule has 4 nitrogen and oxygen atoms in total. The average molecular weight is 383 g/mol. The summed E-state index contributed by atoms with van der Waals surface area (Å²) in [5.74, 6) is -6.02. The van der Waals surface area contributed by atoms with Gasteiger partial charge in [0.15, 0.2) is 23.6 Å². The lowest BCUT2D eigenvalue weighted by Gasteiger charge is -2.16. The third-order valence-corrected chi connectivity index (χ3v) is 5.32. The fraction of sp³-hybridized carbons (Fsp3) is 0.333. The molecule has 2 aromatic rings. The van der Waals surface area contributed by atoms with Gasteiger partial charge in [0.2, 0.25) is 0 Å². The third kappa shape index (κ3) is 3.60. The quantitative estimate of drug-likeness (QED) is 0.635. The molecule has 1 aromatic carbocycles. The summed E-state index contributed by atoms with van der Waals surface area (Å²) >= 11 is 1.50. The van der Waals surface area contributed by atoms with Crippen LogP contribution in [0.4, 0.5) is 18.9 Å². The van der Waals surface area contributed by atoms with Crippen LogP contribution >= 0.6 is 11.3 Å². The molecule has 0 spiro atoms. The smallest absolute Gasteiger partial charge is 0.340 e. The largest absolute Gasteiger partial charge is 0.449 e. The number of fused-ring (bicyclic) bond motifs is 1. The molecular formula is C18H16F3NO3S. The Labute approximate surface area is 152 Å². The molecule has 1 N–H and O–H groups in total. The van der Waals surface area contributed by atoms with Crippen molar-refractivity contribution < 1.29 is 27.5 Å². The number of thiophene rings is 1. The number of amides is 1. The SMILES string of the molecule is C[C@@H](OC(=O)c1csc2c1CCCC2)C(=O)Nc1ccc(F)c(F)c1F. The van der Waals surface area contributed by atoms with Gasteiger partial charge in [-0.05, 0) is 50.3 Å². The number of benzene rings is 1. The van der Waals surface area contributed by atoms with E-state index in [9.17, 15) is 22.8 Å². The van der Waals surface area contributed by atoms with E-state index >= 15 is 0 Å². The van der Waals surface area contributed by atoms with Gasteiger partial charge in [0.05, 0.1) is 11.3 Å². The van der Waals surface area contributed by atoms with Crippen LogP contribution in [0.5, 0.6) is 0 Å². The fourth-order valence-electron chi connectivity index (χ4n) is 2.80. The van der Waals surface area contributed by atoms with E-state index in [2.05, 4.69) is 5.32 Å². The number of hydrogen-bond acceptors (Lipinski definition) is 4. The van der Waals surface area contributed by atoms with Crippen molar-refractivity contribution >= 4 is 28.9 Å². The highest BCUT2D eigenvalue weighted by atomic mass is 32.1. The zero-order chi connectivity index (χ0) is 18.8. The molecule has 1 aromatic heterocycles. The first-order chi connectivity index (χ1) is 12.4. The summed E-state index contributed by atoms with van der Waals surface area (Å²) < 4.78 is 44.9. The van der Waals surface area contributed by atoms with Crippen molar-refractivity contribution in [1.29, 1.82) is 0 Å². The Kier molecular flexibility index (Phi) is 5.31. The molecule has 0 saturated carbocycles. The van der Waals surface area contributed by atoms with Crippen LogP contribution < -0.4 is 5.32 Å². The number of aryl methyl sites for hydroxylation is 1. The van der Waals surface area contributed by atoms with Gasteiger partial charge in [-0.3, -0.25) is 4.79 Å². The highest BCUT2D eigenvalue weighted by molar-refractivity contribution is 7.10. The van der Waals surface area contributed by atoms with Gasteiger partial charge in [-0.25, -0.2) is 18.0 Å². The zero-order valence-corrected chi connectivity index (χ0v) is 14.7. The van der Waals surface area contributed by atoms with Crippen LogP contribution in [-0.2, 0) is 22.4 Å². The lowest BCUT2D eigenvalue weighted by Crippen LogP contribution is -2.30. The zero-order valence-electron chi connectivity index (χ0n) is 13.9. The molecule has 0 radical (unpaired) electrons. The van der Waals surface area contributed by atoms with Crippen molar-refractivity contribution in [2.24, 2.45) is 0 Å². The minimum absolute atomic E-state index is 0.448. The molecule has 0 saturated heterocycles. The average Bonchev–Trinajstić information content (AvgIpc) is 3.06. The molecule has 1 aliphatic rings. The van der Waals surface area contributed by atoms with Crippen LogP contribution in [0.2, 0.25) is 0 Å². The molecule has 26 heavy (non-hydrogen) atoms. The third-order valence-electron chi connectivity index (χ3n) is 4.23. The van der Waals surface area contributed by atoms with Crippen LogP contribution in [-0.4, -0.2) is 18.0 Å². The van der Waals surface area contributed by atoms with E-state index in [4.69, 9.17) is 4.74 Å². The molecule has 1 aliphatic carbocycles. The van der Waals surface area contributed by atoms with Gasteiger partial charge < -0.3 is 10.1 Å². The van der Waals surface area contributed by atoms with Crippen LogP contribution in [0.15, 0.2) is 17.5 Å². The molecule has 3 rings (SSSR count). The maximum atomic E-state index is 13.6. The lowest BCUT2D eigenvalue weighted by atomic mass is 9.96. The molecule has 0 aliphatic heterocycles. The predicted octanol–water partition coefficient (Wildman–Crippen LogP) is 4.23. The summed E-state index contributed by atoms with van der Waals surface area (Å²) in [6.45, 7) is 1.32. The predicted molar refractivity (Wildman–Crippen MR) is 90.8 cm³/mol. The second-order valence-corrected chi connectivity index (χ2v) is 6.98. The maximum Gasteiger partial charge on any atom is 0.340 e. The Balaban J connectivity index is 1.67. The Morgan fingerprint density at radius 2 is 1.88 bits per heavy atom. The number of esters is 1. The Morgan fingerprint density at radius 3 is 2.65 bits per heavy atom. The number of halogens is 3. The Hall–Kier alpha value is -2.35.